The molecule has 0 unspecified atom stereocenters. The Morgan fingerprint density at radius 3 is 2.42 bits per heavy atom. The van der Waals surface area contributed by atoms with Gasteiger partial charge in [0.2, 0.25) is 10.0 Å². The summed E-state index contributed by atoms with van der Waals surface area (Å²) in [6.07, 6.45) is 3.47. The van der Waals surface area contributed by atoms with Crippen LogP contribution in [0, 0.1) is 5.92 Å². The molecule has 0 spiro atoms. The first kappa shape index (κ1) is 14.1. The number of hydrogen-bond acceptors (Lipinski definition) is 4. The summed E-state index contributed by atoms with van der Waals surface area (Å²) >= 11 is 0. The predicted octanol–water partition coefficient (Wildman–Crippen LogP) is 1.54. The van der Waals surface area contributed by atoms with Crippen LogP contribution in [-0.2, 0) is 10.0 Å². The summed E-state index contributed by atoms with van der Waals surface area (Å²) in [6, 6.07) is 4.82. The first-order valence-electron chi connectivity index (χ1n) is 6.58. The second kappa shape index (κ2) is 5.38. The average molecular weight is 283 g/mol. The van der Waals surface area contributed by atoms with Gasteiger partial charge < -0.3 is 10.6 Å². The number of nitrogens with two attached hydrogens (primary N) is 2. The number of benzene rings is 1. The van der Waals surface area contributed by atoms with E-state index in [0.717, 1.165) is 37.5 Å². The molecule has 1 heterocycles. The van der Waals surface area contributed by atoms with Crippen LogP contribution in [0.5, 0.6) is 0 Å². The van der Waals surface area contributed by atoms with E-state index in [4.69, 9.17) is 10.9 Å². The molecule has 2 rings (SSSR count). The smallest absolute Gasteiger partial charge is 0.238 e. The maximum absolute atomic E-state index is 11.4. The molecule has 1 aromatic carbocycles. The zero-order chi connectivity index (χ0) is 14.0. The van der Waals surface area contributed by atoms with Gasteiger partial charge in [-0.05, 0) is 37.0 Å². The van der Waals surface area contributed by atoms with Crippen LogP contribution >= 0.6 is 0 Å². The van der Waals surface area contributed by atoms with Gasteiger partial charge in [0, 0.05) is 24.5 Å². The molecule has 0 saturated carbocycles. The second-order valence-electron chi connectivity index (χ2n) is 5.14. The first-order valence-corrected chi connectivity index (χ1v) is 8.13. The van der Waals surface area contributed by atoms with Crippen molar-refractivity contribution >= 4 is 21.4 Å². The number of piperidine rings is 1. The fourth-order valence-corrected chi connectivity index (χ4v) is 3.14. The van der Waals surface area contributed by atoms with Crippen LogP contribution in [0.25, 0.3) is 0 Å². The largest absolute Gasteiger partial charge is 0.399 e. The third kappa shape index (κ3) is 3.39. The van der Waals surface area contributed by atoms with Crippen molar-refractivity contribution in [3.05, 3.63) is 18.2 Å². The molecular formula is C13H21N3O2S. The summed E-state index contributed by atoms with van der Waals surface area (Å²) in [5, 5.41) is 5.17. The van der Waals surface area contributed by atoms with Crippen LogP contribution in [0.15, 0.2) is 23.1 Å². The summed E-state index contributed by atoms with van der Waals surface area (Å²) in [6.45, 7) is 4.08. The third-order valence-electron chi connectivity index (χ3n) is 3.80. The van der Waals surface area contributed by atoms with E-state index >= 15 is 0 Å². The summed E-state index contributed by atoms with van der Waals surface area (Å²) in [5.74, 6) is 0.773. The van der Waals surface area contributed by atoms with Gasteiger partial charge in [0.15, 0.2) is 0 Å². The molecule has 5 nitrogen and oxygen atoms in total. The van der Waals surface area contributed by atoms with Crippen LogP contribution in [0.3, 0.4) is 0 Å². The number of anilines is 2. The number of nitrogen functional groups attached to an aromatic ring is 1. The Kier molecular flexibility index (Phi) is 4.01. The average Bonchev–Trinajstić information content (AvgIpc) is 2.37. The van der Waals surface area contributed by atoms with E-state index in [0.29, 0.717) is 5.69 Å². The van der Waals surface area contributed by atoms with E-state index in [-0.39, 0.29) is 4.90 Å². The summed E-state index contributed by atoms with van der Waals surface area (Å²) in [7, 11) is -3.71. The van der Waals surface area contributed by atoms with Gasteiger partial charge in [-0.2, -0.15) is 0 Å². The lowest BCUT2D eigenvalue weighted by Crippen LogP contribution is -2.33. The Balaban J connectivity index is 2.24. The molecule has 1 aliphatic heterocycles. The predicted molar refractivity (Wildman–Crippen MR) is 77.5 cm³/mol. The molecule has 1 aromatic rings. The van der Waals surface area contributed by atoms with Gasteiger partial charge in [-0.3, -0.25) is 0 Å². The van der Waals surface area contributed by atoms with Crippen LogP contribution in [0.2, 0.25) is 0 Å². The SMILES string of the molecule is CCC1CCN(c2cc(N)cc(S(N)(=O)=O)c2)CC1. The highest BCUT2D eigenvalue weighted by molar-refractivity contribution is 7.89. The molecule has 0 aliphatic carbocycles. The zero-order valence-corrected chi connectivity index (χ0v) is 12.0. The minimum absolute atomic E-state index is 0.0834. The van der Waals surface area contributed by atoms with Crippen molar-refractivity contribution in [3.63, 3.8) is 0 Å². The number of hydrogen-bond donors (Lipinski definition) is 2. The molecule has 0 bridgehead atoms. The number of primary sulfonamides is 1. The van der Waals surface area contributed by atoms with Crippen LogP contribution in [0.1, 0.15) is 26.2 Å². The summed E-state index contributed by atoms with van der Waals surface area (Å²) in [4.78, 5) is 2.26. The van der Waals surface area contributed by atoms with E-state index in [9.17, 15) is 8.42 Å². The van der Waals surface area contributed by atoms with Crippen molar-refractivity contribution in [2.45, 2.75) is 31.1 Å². The highest BCUT2D eigenvalue weighted by Gasteiger charge is 2.19. The Labute approximate surface area is 114 Å². The van der Waals surface area contributed by atoms with Crippen molar-refractivity contribution in [2.75, 3.05) is 23.7 Å². The minimum atomic E-state index is -3.71. The molecule has 6 heteroatoms. The molecular weight excluding hydrogens is 262 g/mol. The van der Waals surface area contributed by atoms with Crippen molar-refractivity contribution in [2.24, 2.45) is 11.1 Å². The molecule has 106 valence electrons. The first-order chi connectivity index (χ1) is 8.90. The quantitative estimate of drug-likeness (QED) is 0.823. The van der Waals surface area contributed by atoms with Crippen molar-refractivity contribution in [1.29, 1.82) is 0 Å². The molecule has 0 radical (unpaired) electrons. The Hall–Kier alpha value is -1.27. The van der Waals surface area contributed by atoms with Gasteiger partial charge in [-0.15, -0.1) is 0 Å². The zero-order valence-electron chi connectivity index (χ0n) is 11.2. The fourth-order valence-electron chi connectivity index (χ4n) is 2.55. The fraction of sp³-hybridized carbons (Fsp3) is 0.538. The second-order valence-corrected chi connectivity index (χ2v) is 6.71. The van der Waals surface area contributed by atoms with E-state index in [1.807, 2.05) is 0 Å². The lowest BCUT2D eigenvalue weighted by Gasteiger charge is -2.33. The molecule has 1 fully saturated rings. The van der Waals surface area contributed by atoms with Gasteiger partial charge in [0.25, 0.3) is 0 Å². The normalized spacial score (nSPS) is 17.7. The maximum atomic E-state index is 11.4. The van der Waals surface area contributed by atoms with E-state index in [2.05, 4.69) is 11.8 Å². The number of nitrogens with zero attached hydrogens (tertiary/aromatic N) is 1. The van der Waals surface area contributed by atoms with Crippen LogP contribution in [-0.4, -0.2) is 21.5 Å². The molecule has 1 saturated heterocycles. The van der Waals surface area contributed by atoms with Crippen molar-refractivity contribution in [3.8, 4) is 0 Å². The maximum Gasteiger partial charge on any atom is 0.238 e. The monoisotopic (exact) mass is 283 g/mol. The molecule has 1 aliphatic rings. The highest BCUT2D eigenvalue weighted by atomic mass is 32.2. The number of sulfonamides is 1. The van der Waals surface area contributed by atoms with Crippen molar-refractivity contribution in [1.82, 2.24) is 0 Å². The molecule has 0 aromatic heterocycles. The summed E-state index contributed by atoms with van der Waals surface area (Å²) < 4.78 is 22.8. The van der Waals surface area contributed by atoms with Crippen LogP contribution in [0.4, 0.5) is 11.4 Å². The lowest BCUT2D eigenvalue weighted by molar-refractivity contribution is 0.395. The van der Waals surface area contributed by atoms with Gasteiger partial charge in [0.1, 0.15) is 0 Å². The molecule has 19 heavy (non-hydrogen) atoms. The molecule has 4 N–H and O–H groups in total. The summed E-state index contributed by atoms with van der Waals surface area (Å²) in [5.41, 5.74) is 7.05. The third-order valence-corrected chi connectivity index (χ3v) is 4.69. The standard InChI is InChI=1S/C13H21N3O2S/c1-2-10-3-5-16(6-4-10)12-7-11(14)8-13(9-12)19(15,17)18/h7-10H,2-6,14H2,1H3,(H2,15,17,18). The lowest BCUT2D eigenvalue weighted by atomic mass is 9.94. The van der Waals surface area contributed by atoms with Crippen LogP contribution < -0.4 is 15.8 Å². The van der Waals surface area contributed by atoms with E-state index < -0.39 is 10.0 Å². The Morgan fingerprint density at radius 1 is 1.26 bits per heavy atom. The highest BCUT2D eigenvalue weighted by Crippen LogP contribution is 2.28. The van der Waals surface area contributed by atoms with E-state index in [1.54, 1.807) is 12.1 Å². The Morgan fingerprint density at radius 2 is 1.89 bits per heavy atom. The van der Waals surface area contributed by atoms with E-state index in [1.165, 1.54) is 12.5 Å². The van der Waals surface area contributed by atoms with Gasteiger partial charge in [-0.1, -0.05) is 13.3 Å². The topological polar surface area (TPSA) is 89.4 Å². The van der Waals surface area contributed by atoms with Gasteiger partial charge in [-0.25, -0.2) is 13.6 Å². The molecule has 0 atom stereocenters. The van der Waals surface area contributed by atoms with Crippen molar-refractivity contribution < 1.29 is 8.42 Å². The van der Waals surface area contributed by atoms with Gasteiger partial charge in [0.05, 0.1) is 4.90 Å². The number of rotatable bonds is 3. The van der Waals surface area contributed by atoms with Gasteiger partial charge >= 0.3 is 0 Å². The Bertz CT molecular complexity index is 549. The minimum Gasteiger partial charge on any atom is -0.399 e. The molecule has 0 amide bonds.